The number of rotatable bonds is 1. The largest absolute Gasteiger partial charge is 0.493 e. The van der Waals surface area contributed by atoms with Crippen molar-refractivity contribution in [2.45, 2.75) is 43.6 Å². The van der Waals surface area contributed by atoms with Gasteiger partial charge in [0, 0.05) is 35.3 Å². The third kappa shape index (κ3) is 2.64. The first kappa shape index (κ1) is 14.8. The molecule has 0 amide bonds. The minimum Gasteiger partial charge on any atom is -0.493 e. The predicted octanol–water partition coefficient (Wildman–Crippen LogP) is 3.64. The number of hydrogen-bond donors (Lipinski definition) is 0. The molecular weight excluding hydrogens is 298 g/mol. The van der Waals surface area contributed by atoms with Gasteiger partial charge in [-0.1, -0.05) is 11.6 Å². The van der Waals surface area contributed by atoms with Crippen molar-refractivity contribution in [3.05, 3.63) is 28.8 Å². The molecule has 0 atom stereocenters. The fourth-order valence-electron chi connectivity index (χ4n) is 4.42. The summed E-state index contributed by atoms with van der Waals surface area (Å²) < 4.78 is 11.4. The molecular formula is C18H24ClNO2. The number of halogens is 1. The maximum Gasteiger partial charge on any atom is 0.123 e. The van der Waals surface area contributed by atoms with Gasteiger partial charge < -0.3 is 14.4 Å². The number of piperidine rings is 1. The molecule has 0 unspecified atom stereocenters. The van der Waals surface area contributed by atoms with Crippen LogP contribution in [0.3, 0.4) is 0 Å². The molecule has 0 N–H and O–H groups in total. The quantitative estimate of drug-likeness (QED) is 0.788. The summed E-state index contributed by atoms with van der Waals surface area (Å²) in [5, 5.41) is 0.829. The smallest absolute Gasteiger partial charge is 0.123 e. The van der Waals surface area contributed by atoms with Crippen molar-refractivity contribution in [3.8, 4) is 5.75 Å². The Bertz CT molecular complexity index is 534. The topological polar surface area (TPSA) is 21.7 Å². The molecule has 0 aromatic heterocycles. The first-order valence-electron chi connectivity index (χ1n) is 8.51. The highest BCUT2D eigenvalue weighted by atomic mass is 35.5. The third-order valence-corrected chi connectivity index (χ3v) is 6.05. The lowest BCUT2D eigenvalue weighted by atomic mass is 9.69. The lowest BCUT2D eigenvalue weighted by Gasteiger charge is -2.47. The molecule has 22 heavy (non-hydrogen) atoms. The second-order valence-corrected chi connectivity index (χ2v) is 7.34. The highest BCUT2D eigenvalue weighted by Gasteiger charge is 2.41. The molecule has 3 aliphatic rings. The standard InChI is InChI=1S/C18H24ClNO2/c19-14-1-2-17-16(13-14)18(7-12-22-17)5-8-20(9-6-18)15-3-10-21-11-4-15/h1-2,13,15H,3-12H2. The molecule has 4 rings (SSSR count). The lowest BCUT2D eigenvalue weighted by molar-refractivity contribution is 0.0126. The van der Waals surface area contributed by atoms with E-state index >= 15 is 0 Å². The molecule has 2 fully saturated rings. The lowest BCUT2D eigenvalue weighted by Crippen LogP contribution is -2.49. The molecule has 2 saturated heterocycles. The summed E-state index contributed by atoms with van der Waals surface area (Å²) in [4.78, 5) is 2.69. The Kier molecular flexibility index (Phi) is 4.05. The second-order valence-electron chi connectivity index (χ2n) is 6.90. The Morgan fingerprint density at radius 2 is 1.82 bits per heavy atom. The molecule has 3 nitrogen and oxygen atoms in total. The van der Waals surface area contributed by atoms with Crippen molar-refractivity contribution in [1.29, 1.82) is 0 Å². The summed E-state index contributed by atoms with van der Waals surface area (Å²) >= 11 is 6.25. The van der Waals surface area contributed by atoms with Crippen LogP contribution in [0.4, 0.5) is 0 Å². The summed E-state index contributed by atoms with van der Waals surface area (Å²) in [5.41, 5.74) is 1.62. The summed E-state index contributed by atoms with van der Waals surface area (Å²) in [6, 6.07) is 6.85. The zero-order valence-electron chi connectivity index (χ0n) is 13.0. The van der Waals surface area contributed by atoms with E-state index in [1.165, 1.54) is 44.3 Å². The Labute approximate surface area is 137 Å². The number of ether oxygens (including phenoxy) is 2. The summed E-state index contributed by atoms with van der Waals surface area (Å²) in [5.74, 6) is 1.05. The summed E-state index contributed by atoms with van der Waals surface area (Å²) in [6.45, 7) is 5.08. The molecule has 0 bridgehead atoms. The first-order chi connectivity index (χ1) is 10.8. The Morgan fingerprint density at radius 1 is 1.05 bits per heavy atom. The van der Waals surface area contributed by atoms with E-state index in [1.54, 1.807) is 0 Å². The third-order valence-electron chi connectivity index (χ3n) is 5.81. The van der Waals surface area contributed by atoms with E-state index in [-0.39, 0.29) is 5.41 Å². The Hall–Kier alpha value is -0.770. The zero-order chi connectivity index (χ0) is 15.0. The molecule has 1 aromatic carbocycles. The van der Waals surface area contributed by atoms with Crippen LogP contribution in [0.25, 0.3) is 0 Å². The Morgan fingerprint density at radius 3 is 2.59 bits per heavy atom. The highest BCUT2D eigenvalue weighted by molar-refractivity contribution is 6.30. The SMILES string of the molecule is Clc1ccc2c(c1)C1(CCO2)CCN(C2CCOCC2)CC1. The van der Waals surface area contributed by atoms with Crippen LogP contribution in [0.2, 0.25) is 5.02 Å². The van der Waals surface area contributed by atoms with Crippen LogP contribution in [0, 0.1) is 0 Å². The highest BCUT2D eigenvalue weighted by Crippen LogP contribution is 2.47. The van der Waals surface area contributed by atoms with Gasteiger partial charge in [0.2, 0.25) is 0 Å². The van der Waals surface area contributed by atoms with Gasteiger partial charge in [-0.15, -0.1) is 0 Å². The predicted molar refractivity (Wildman–Crippen MR) is 87.9 cm³/mol. The van der Waals surface area contributed by atoms with E-state index < -0.39 is 0 Å². The molecule has 1 aromatic rings. The van der Waals surface area contributed by atoms with Gasteiger partial charge in [-0.25, -0.2) is 0 Å². The van der Waals surface area contributed by atoms with Crippen LogP contribution in [0.15, 0.2) is 18.2 Å². The van der Waals surface area contributed by atoms with Crippen molar-refractivity contribution in [3.63, 3.8) is 0 Å². The van der Waals surface area contributed by atoms with E-state index in [1.807, 2.05) is 12.1 Å². The molecule has 4 heteroatoms. The van der Waals surface area contributed by atoms with Gasteiger partial charge in [-0.2, -0.15) is 0 Å². The molecule has 0 aliphatic carbocycles. The molecule has 120 valence electrons. The van der Waals surface area contributed by atoms with E-state index in [0.29, 0.717) is 0 Å². The summed E-state index contributed by atoms with van der Waals surface area (Å²) in [7, 11) is 0. The maximum absolute atomic E-state index is 6.25. The van der Waals surface area contributed by atoms with E-state index in [9.17, 15) is 0 Å². The van der Waals surface area contributed by atoms with Crippen molar-refractivity contribution < 1.29 is 9.47 Å². The van der Waals surface area contributed by atoms with Crippen molar-refractivity contribution in [1.82, 2.24) is 4.90 Å². The minimum absolute atomic E-state index is 0.278. The van der Waals surface area contributed by atoms with Gasteiger partial charge in [0.05, 0.1) is 6.61 Å². The van der Waals surface area contributed by atoms with Crippen LogP contribution in [0.1, 0.15) is 37.7 Å². The Balaban J connectivity index is 1.52. The van der Waals surface area contributed by atoms with Crippen LogP contribution >= 0.6 is 11.6 Å². The van der Waals surface area contributed by atoms with E-state index in [0.717, 1.165) is 43.1 Å². The van der Waals surface area contributed by atoms with Crippen molar-refractivity contribution in [2.75, 3.05) is 32.9 Å². The number of fused-ring (bicyclic) bond motifs is 2. The van der Waals surface area contributed by atoms with Gasteiger partial charge in [0.15, 0.2) is 0 Å². The number of hydrogen-bond acceptors (Lipinski definition) is 3. The minimum atomic E-state index is 0.278. The van der Waals surface area contributed by atoms with Gasteiger partial charge in [0.1, 0.15) is 5.75 Å². The number of nitrogens with zero attached hydrogens (tertiary/aromatic N) is 1. The van der Waals surface area contributed by atoms with Crippen LogP contribution in [0.5, 0.6) is 5.75 Å². The fraction of sp³-hybridized carbons (Fsp3) is 0.667. The van der Waals surface area contributed by atoms with E-state index in [4.69, 9.17) is 21.1 Å². The van der Waals surface area contributed by atoms with Gasteiger partial charge in [-0.3, -0.25) is 0 Å². The molecule has 0 radical (unpaired) electrons. The molecule has 1 spiro atoms. The van der Waals surface area contributed by atoms with Crippen molar-refractivity contribution >= 4 is 11.6 Å². The van der Waals surface area contributed by atoms with Crippen molar-refractivity contribution in [2.24, 2.45) is 0 Å². The zero-order valence-corrected chi connectivity index (χ0v) is 13.8. The monoisotopic (exact) mass is 321 g/mol. The van der Waals surface area contributed by atoms with Gasteiger partial charge >= 0.3 is 0 Å². The normalized spacial score (nSPS) is 25.7. The fourth-order valence-corrected chi connectivity index (χ4v) is 4.59. The average Bonchev–Trinajstić information content (AvgIpc) is 2.57. The first-order valence-corrected chi connectivity index (χ1v) is 8.89. The summed E-state index contributed by atoms with van der Waals surface area (Å²) in [6.07, 6.45) is 5.96. The second kappa shape index (κ2) is 6.03. The maximum atomic E-state index is 6.25. The van der Waals surface area contributed by atoms with Crippen LogP contribution < -0.4 is 4.74 Å². The number of likely N-dealkylation sites (tertiary alicyclic amines) is 1. The van der Waals surface area contributed by atoms with Gasteiger partial charge in [0.25, 0.3) is 0 Å². The molecule has 3 aliphatic heterocycles. The molecule has 0 saturated carbocycles. The van der Waals surface area contributed by atoms with Crippen LogP contribution in [-0.4, -0.2) is 43.9 Å². The van der Waals surface area contributed by atoms with E-state index in [2.05, 4.69) is 11.0 Å². The number of benzene rings is 1. The average molecular weight is 322 g/mol. The van der Waals surface area contributed by atoms with Gasteiger partial charge in [-0.05, 0) is 63.4 Å². The van der Waals surface area contributed by atoms with Crippen LogP contribution in [-0.2, 0) is 10.2 Å². The molecule has 3 heterocycles.